The molecule has 90 valence electrons. The minimum Gasteiger partial charge on any atom is -0.312 e. The molecule has 0 saturated heterocycles. The Hall–Kier alpha value is -0.940. The summed E-state index contributed by atoms with van der Waals surface area (Å²) in [4.78, 5) is -0.292. The molecule has 1 aromatic rings. The Kier molecular flexibility index (Phi) is 4.44. The fourth-order valence-corrected chi connectivity index (χ4v) is 1.74. The predicted octanol–water partition coefficient (Wildman–Crippen LogP) is 2.09. The van der Waals surface area contributed by atoms with E-state index in [-0.39, 0.29) is 4.90 Å². The van der Waals surface area contributed by atoms with Crippen molar-refractivity contribution in [1.29, 1.82) is 0 Å². The van der Waals surface area contributed by atoms with E-state index in [0.717, 1.165) is 12.1 Å². The number of rotatable bonds is 5. The molecule has 0 saturated carbocycles. The molecule has 1 rings (SSSR count). The Morgan fingerprint density at radius 3 is 2.25 bits per heavy atom. The van der Waals surface area contributed by atoms with Crippen molar-refractivity contribution in [3.05, 3.63) is 29.8 Å². The van der Waals surface area contributed by atoms with E-state index in [1.54, 1.807) is 12.1 Å². The number of halogens is 1. The third kappa shape index (κ3) is 4.28. The largest absolute Gasteiger partial charge is 0.332 e. The minimum atomic E-state index is -4.57. The Morgan fingerprint density at radius 2 is 1.81 bits per heavy atom. The fraction of sp³-hybridized carbons (Fsp3) is 0.455. The Balaban J connectivity index is 2.59. The summed E-state index contributed by atoms with van der Waals surface area (Å²) in [6.45, 7) is 5.76. The predicted molar refractivity (Wildman–Crippen MR) is 61.3 cm³/mol. The van der Waals surface area contributed by atoms with Crippen molar-refractivity contribution in [2.24, 2.45) is 5.92 Å². The average Bonchev–Trinajstić information content (AvgIpc) is 2.16. The molecule has 0 amide bonds. The maximum absolute atomic E-state index is 12.6. The summed E-state index contributed by atoms with van der Waals surface area (Å²) in [5.41, 5.74) is 0.938. The average molecular weight is 245 g/mol. The minimum absolute atomic E-state index is 0.292. The van der Waals surface area contributed by atoms with Crippen molar-refractivity contribution in [3.8, 4) is 0 Å². The Labute approximate surface area is 95.9 Å². The van der Waals surface area contributed by atoms with Crippen molar-refractivity contribution in [1.82, 2.24) is 5.32 Å². The molecule has 5 heteroatoms. The summed E-state index contributed by atoms with van der Waals surface area (Å²) in [5.74, 6) is 0.561. The maximum Gasteiger partial charge on any atom is 0.332 e. The zero-order valence-corrected chi connectivity index (χ0v) is 10.2. The van der Waals surface area contributed by atoms with Gasteiger partial charge in [-0.05, 0) is 30.2 Å². The molecule has 1 N–H and O–H groups in total. The van der Waals surface area contributed by atoms with Crippen LogP contribution in [0.3, 0.4) is 0 Å². The van der Waals surface area contributed by atoms with Crippen LogP contribution in [0.1, 0.15) is 19.4 Å². The highest BCUT2D eigenvalue weighted by Crippen LogP contribution is 2.12. The summed E-state index contributed by atoms with van der Waals surface area (Å²) in [6.07, 6.45) is 0. The van der Waals surface area contributed by atoms with E-state index in [0.29, 0.717) is 12.5 Å². The van der Waals surface area contributed by atoms with Gasteiger partial charge in [0.1, 0.15) is 0 Å². The molecule has 0 aromatic heterocycles. The van der Waals surface area contributed by atoms with Gasteiger partial charge in [0, 0.05) is 6.54 Å². The summed E-state index contributed by atoms with van der Waals surface area (Å²) in [7, 11) is -4.57. The normalized spacial score (nSPS) is 12.0. The molecule has 0 bridgehead atoms. The highest BCUT2D eigenvalue weighted by molar-refractivity contribution is 7.86. The molecular weight excluding hydrogens is 229 g/mol. The van der Waals surface area contributed by atoms with Gasteiger partial charge in [0.25, 0.3) is 0 Å². The Morgan fingerprint density at radius 1 is 1.25 bits per heavy atom. The van der Waals surface area contributed by atoms with Crippen LogP contribution < -0.4 is 5.32 Å². The van der Waals surface area contributed by atoms with Crippen LogP contribution >= 0.6 is 0 Å². The van der Waals surface area contributed by atoms with E-state index < -0.39 is 10.2 Å². The number of nitrogens with one attached hydrogen (secondary N) is 1. The first-order valence-electron chi connectivity index (χ1n) is 5.14. The number of benzene rings is 1. The van der Waals surface area contributed by atoms with Gasteiger partial charge in [-0.15, -0.1) is 3.89 Å². The molecule has 0 aliphatic rings. The zero-order valence-electron chi connectivity index (χ0n) is 9.40. The first-order valence-corrected chi connectivity index (χ1v) is 6.52. The second kappa shape index (κ2) is 5.41. The van der Waals surface area contributed by atoms with Gasteiger partial charge in [-0.3, -0.25) is 0 Å². The lowest BCUT2D eigenvalue weighted by molar-refractivity contribution is 0.550. The van der Waals surface area contributed by atoms with Crippen LogP contribution in [-0.2, 0) is 16.8 Å². The van der Waals surface area contributed by atoms with E-state index >= 15 is 0 Å². The van der Waals surface area contributed by atoms with Crippen LogP contribution in [0.5, 0.6) is 0 Å². The lowest BCUT2D eigenvalue weighted by atomic mass is 10.2. The molecule has 0 aliphatic heterocycles. The second-order valence-corrected chi connectivity index (χ2v) is 5.45. The molecule has 0 heterocycles. The van der Waals surface area contributed by atoms with Gasteiger partial charge < -0.3 is 5.32 Å². The third-order valence-corrected chi connectivity index (χ3v) is 2.92. The smallest absolute Gasteiger partial charge is 0.312 e. The van der Waals surface area contributed by atoms with Gasteiger partial charge in [-0.25, -0.2) is 0 Å². The topological polar surface area (TPSA) is 46.2 Å². The second-order valence-electron chi connectivity index (χ2n) is 4.11. The monoisotopic (exact) mass is 245 g/mol. The van der Waals surface area contributed by atoms with Crippen LogP contribution in [0.25, 0.3) is 0 Å². The van der Waals surface area contributed by atoms with Crippen molar-refractivity contribution in [2.75, 3.05) is 6.54 Å². The molecule has 0 radical (unpaired) electrons. The summed E-state index contributed by atoms with van der Waals surface area (Å²) in [5, 5.41) is 3.22. The van der Waals surface area contributed by atoms with Crippen molar-refractivity contribution >= 4 is 10.2 Å². The molecule has 3 nitrogen and oxygen atoms in total. The van der Waals surface area contributed by atoms with Gasteiger partial charge in [0.15, 0.2) is 0 Å². The van der Waals surface area contributed by atoms with Crippen LogP contribution in [0.15, 0.2) is 29.2 Å². The highest BCUT2D eigenvalue weighted by Gasteiger charge is 2.10. The molecule has 0 unspecified atom stereocenters. The van der Waals surface area contributed by atoms with Crippen LogP contribution in [0.4, 0.5) is 3.89 Å². The van der Waals surface area contributed by atoms with E-state index in [1.165, 1.54) is 12.1 Å². The first kappa shape index (κ1) is 13.1. The van der Waals surface area contributed by atoms with Crippen LogP contribution in [0.2, 0.25) is 0 Å². The summed E-state index contributed by atoms with van der Waals surface area (Å²) in [6, 6.07) is 5.78. The maximum atomic E-state index is 12.6. The molecule has 0 aliphatic carbocycles. The zero-order chi connectivity index (χ0) is 12.2. The first-order chi connectivity index (χ1) is 7.39. The highest BCUT2D eigenvalue weighted by atomic mass is 32.3. The van der Waals surface area contributed by atoms with Gasteiger partial charge >= 0.3 is 10.2 Å². The molecular formula is C11H16FNO2S. The van der Waals surface area contributed by atoms with Crippen molar-refractivity contribution in [3.63, 3.8) is 0 Å². The molecule has 0 fully saturated rings. The summed E-state index contributed by atoms with van der Waals surface area (Å²) >= 11 is 0. The van der Waals surface area contributed by atoms with Gasteiger partial charge in [0.2, 0.25) is 0 Å². The van der Waals surface area contributed by atoms with Gasteiger partial charge in [-0.1, -0.05) is 26.0 Å². The van der Waals surface area contributed by atoms with E-state index in [2.05, 4.69) is 19.2 Å². The number of hydrogen-bond donors (Lipinski definition) is 1. The van der Waals surface area contributed by atoms with Gasteiger partial charge in [-0.2, -0.15) is 8.42 Å². The molecule has 16 heavy (non-hydrogen) atoms. The molecule has 0 spiro atoms. The molecule has 0 atom stereocenters. The fourth-order valence-electron chi connectivity index (χ4n) is 1.28. The van der Waals surface area contributed by atoms with Crippen LogP contribution in [-0.4, -0.2) is 15.0 Å². The third-order valence-electron chi connectivity index (χ3n) is 2.09. The van der Waals surface area contributed by atoms with E-state index in [4.69, 9.17) is 0 Å². The van der Waals surface area contributed by atoms with Crippen molar-refractivity contribution < 1.29 is 12.3 Å². The Bertz CT molecular complexity index is 426. The van der Waals surface area contributed by atoms with E-state index in [9.17, 15) is 12.3 Å². The van der Waals surface area contributed by atoms with Crippen LogP contribution in [0, 0.1) is 5.92 Å². The van der Waals surface area contributed by atoms with Gasteiger partial charge in [0.05, 0.1) is 4.90 Å². The lowest BCUT2D eigenvalue weighted by Crippen LogP contribution is -2.18. The summed E-state index contributed by atoms with van der Waals surface area (Å²) < 4.78 is 33.7. The quantitative estimate of drug-likeness (QED) is 0.808. The standard InChI is InChI=1S/C11H16FNO2S/c1-9(2)7-13-8-10-3-5-11(6-4-10)16(12,14)15/h3-6,9,13H,7-8H2,1-2H3. The number of hydrogen-bond acceptors (Lipinski definition) is 3. The SMILES string of the molecule is CC(C)CNCc1ccc(S(=O)(=O)F)cc1. The van der Waals surface area contributed by atoms with Crippen molar-refractivity contribution in [2.45, 2.75) is 25.3 Å². The lowest BCUT2D eigenvalue weighted by Gasteiger charge is -2.07. The van der Waals surface area contributed by atoms with E-state index in [1.807, 2.05) is 0 Å². The molecule has 1 aromatic carbocycles.